The lowest BCUT2D eigenvalue weighted by Crippen LogP contribution is -2.35. The molecule has 1 aliphatic rings. The van der Waals surface area contributed by atoms with E-state index < -0.39 is 12.0 Å². The van der Waals surface area contributed by atoms with E-state index in [0.29, 0.717) is 6.54 Å². The number of aliphatic carboxylic acids is 1. The molecule has 4 heteroatoms. The van der Waals surface area contributed by atoms with Crippen LogP contribution in [0.1, 0.15) is 17.2 Å². The fraction of sp³-hybridized carbons (Fsp3) is 0.300. The highest BCUT2D eigenvalue weighted by atomic mass is 79.9. The van der Waals surface area contributed by atoms with Gasteiger partial charge in [-0.3, -0.25) is 4.79 Å². The predicted molar refractivity (Wildman–Crippen MR) is 56.2 cm³/mol. The second-order valence-electron chi connectivity index (χ2n) is 3.28. The topological polar surface area (TPSA) is 49.3 Å². The minimum Gasteiger partial charge on any atom is -0.480 e. The molecule has 0 fully saturated rings. The van der Waals surface area contributed by atoms with Crippen LogP contribution in [0.5, 0.6) is 0 Å². The van der Waals surface area contributed by atoms with Crippen LogP contribution in [0.25, 0.3) is 0 Å². The molecule has 0 aromatic heterocycles. The SMILES string of the molecule is O=C(O)C1NCCc2c(Br)cccc21. The second kappa shape index (κ2) is 3.71. The van der Waals surface area contributed by atoms with Crippen molar-refractivity contribution in [3.8, 4) is 0 Å². The van der Waals surface area contributed by atoms with Gasteiger partial charge in [0.1, 0.15) is 6.04 Å². The Morgan fingerprint density at radius 3 is 3.07 bits per heavy atom. The van der Waals surface area contributed by atoms with Crippen LogP contribution in [0.3, 0.4) is 0 Å². The number of halogens is 1. The number of fused-ring (bicyclic) bond motifs is 1. The fourth-order valence-corrected chi connectivity index (χ4v) is 2.36. The van der Waals surface area contributed by atoms with E-state index in [1.165, 1.54) is 0 Å². The van der Waals surface area contributed by atoms with E-state index in [2.05, 4.69) is 21.2 Å². The van der Waals surface area contributed by atoms with Crippen LogP contribution in [0, 0.1) is 0 Å². The number of rotatable bonds is 1. The molecule has 0 aliphatic carbocycles. The minimum absolute atomic E-state index is 0.559. The van der Waals surface area contributed by atoms with Crippen LogP contribution in [0.2, 0.25) is 0 Å². The van der Waals surface area contributed by atoms with E-state index in [1.807, 2.05) is 18.2 Å². The number of hydrogen-bond acceptors (Lipinski definition) is 2. The smallest absolute Gasteiger partial charge is 0.325 e. The standard InChI is InChI=1S/C10H10BrNO2/c11-8-3-1-2-7-6(8)4-5-12-9(7)10(13)14/h1-3,9,12H,4-5H2,(H,13,14). The van der Waals surface area contributed by atoms with E-state index in [4.69, 9.17) is 5.11 Å². The van der Waals surface area contributed by atoms with Crippen molar-refractivity contribution in [1.82, 2.24) is 5.32 Å². The summed E-state index contributed by atoms with van der Waals surface area (Å²) in [5, 5.41) is 12.0. The summed E-state index contributed by atoms with van der Waals surface area (Å²) in [6, 6.07) is 5.12. The first kappa shape index (κ1) is 9.68. The zero-order valence-electron chi connectivity index (χ0n) is 7.46. The summed E-state index contributed by atoms with van der Waals surface area (Å²) in [7, 11) is 0. The van der Waals surface area contributed by atoms with E-state index in [1.54, 1.807) is 0 Å². The molecule has 1 aliphatic heterocycles. The molecule has 0 radical (unpaired) electrons. The molecule has 0 saturated carbocycles. The van der Waals surface area contributed by atoms with Crippen molar-refractivity contribution in [3.05, 3.63) is 33.8 Å². The van der Waals surface area contributed by atoms with E-state index in [-0.39, 0.29) is 0 Å². The lowest BCUT2D eigenvalue weighted by Gasteiger charge is -2.24. The maximum Gasteiger partial charge on any atom is 0.325 e. The van der Waals surface area contributed by atoms with Crippen LogP contribution >= 0.6 is 15.9 Å². The number of carbonyl (C=O) groups is 1. The molecule has 2 N–H and O–H groups in total. The van der Waals surface area contributed by atoms with Gasteiger partial charge in [0.05, 0.1) is 0 Å². The average Bonchev–Trinajstić information content (AvgIpc) is 2.17. The number of nitrogens with one attached hydrogen (secondary N) is 1. The summed E-state index contributed by atoms with van der Waals surface area (Å²) in [4.78, 5) is 11.0. The Hall–Kier alpha value is -0.870. The largest absolute Gasteiger partial charge is 0.480 e. The van der Waals surface area contributed by atoms with Gasteiger partial charge in [-0.25, -0.2) is 0 Å². The van der Waals surface area contributed by atoms with Crippen molar-refractivity contribution in [2.75, 3.05) is 6.54 Å². The number of carboxylic acids is 1. The third-order valence-electron chi connectivity index (χ3n) is 2.44. The van der Waals surface area contributed by atoms with Gasteiger partial charge in [-0.2, -0.15) is 0 Å². The molecule has 74 valence electrons. The summed E-state index contributed by atoms with van der Waals surface area (Å²) in [6.45, 7) is 0.715. The van der Waals surface area contributed by atoms with Crippen LogP contribution in [0.4, 0.5) is 0 Å². The Kier molecular flexibility index (Phi) is 2.56. The summed E-state index contributed by atoms with van der Waals surface area (Å²) in [5.41, 5.74) is 1.98. The van der Waals surface area contributed by atoms with Gasteiger partial charge in [-0.15, -0.1) is 0 Å². The molecule has 1 unspecified atom stereocenters. The maximum absolute atomic E-state index is 11.0. The van der Waals surface area contributed by atoms with Crippen molar-refractivity contribution < 1.29 is 9.90 Å². The first-order valence-electron chi connectivity index (χ1n) is 4.43. The molecule has 0 bridgehead atoms. The van der Waals surface area contributed by atoms with Crippen molar-refractivity contribution >= 4 is 21.9 Å². The Morgan fingerprint density at radius 1 is 1.57 bits per heavy atom. The average molecular weight is 256 g/mol. The zero-order chi connectivity index (χ0) is 10.1. The highest BCUT2D eigenvalue weighted by molar-refractivity contribution is 9.10. The van der Waals surface area contributed by atoms with Gasteiger partial charge in [0, 0.05) is 11.0 Å². The van der Waals surface area contributed by atoms with Crippen molar-refractivity contribution in [1.29, 1.82) is 0 Å². The predicted octanol–water partition coefficient (Wildman–Crippen LogP) is 1.72. The van der Waals surface area contributed by atoms with E-state index >= 15 is 0 Å². The molecule has 1 aromatic rings. The Bertz CT molecular complexity index is 378. The van der Waals surface area contributed by atoms with Crippen LogP contribution in [-0.2, 0) is 11.2 Å². The van der Waals surface area contributed by atoms with Crippen molar-refractivity contribution in [3.63, 3.8) is 0 Å². The molecule has 0 spiro atoms. The molecular weight excluding hydrogens is 246 g/mol. The molecule has 2 rings (SSSR count). The van der Waals surface area contributed by atoms with Gasteiger partial charge in [0.25, 0.3) is 0 Å². The molecule has 0 saturated heterocycles. The normalized spacial score (nSPS) is 20.2. The van der Waals surface area contributed by atoms with Gasteiger partial charge in [0.15, 0.2) is 0 Å². The first-order valence-corrected chi connectivity index (χ1v) is 5.23. The van der Waals surface area contributed by atoms with Crippen LogP contribution < -0.4 is 5.32 Å². The van der Waals surface area contributed by atoms with Gasteiger partial charge in [-0.1, -0.05) is 28.1 Å². The highest BCUT2D eigenvalue weighted by Gasteiger charge is 2.26. The van der Waals surface area contributed by atoms with Gasteiger partial charge in [0.2, 0.25) is 0 Å². The molecule has 14 heavy (non-hydrogen) atoms. The van der Waals surface area contributed by atoms with E-state index in [9.17, 15) is 4.79 Å². The monoisotopic (exact) mass is 255 g/mol. The van der Waals surface area contributed by atoms with Crippen molar-refractivity contribution in [2.45, 2.75) is 12.5 Å². The molecule has 0 amide bonds. The quantitative estimate of drug-likeness (QED) is 0.804. The van der Waals surface area contributed by atoms with E-state index in [0.717, 1.165) is 22.0 Å². The molecule has 1 heterocycles. The summed E-state index contributed by atoms with van der Waals surface area (Å²) < 4.78 is 1.00. The Labute approximate surface area is 90.3 Å². The van der Waals surface area contributed by atoms with Gasteiger partial charge < -0.3 is 10.4 Å². The summed E-state index contributed by atoms with van der Waals surface area (Å²) in [6.07, 6.45) is 0.876. The first-order chi connectivity index (χ1) is 6.70. The van der Waals surface area contributed by atoms with Crippen molar-refractivity contribution in [2.24, 2.45) is 0 Å². The second-order valence-corrected chi connectivity index (χ2v) is 4.14. The third kappa shape index (κ3) is 1.55. The summed E-state index contributed by atoms with van der Waals surface area (Å²) >= 11 is 3.44. The molecule has 3 nitrogen and oxygen atoms in total. The van der Waals surface area contributed by atoms with Gasteiger partial charge >= 0.3 is 5.97 Å². The van der Waals surface area contributed by atoms with Crippen LogP contribution in [-0.4, -0.2) is 17.6 Å². The number of benzene rings is 1. The minimum atomic E-state index is -0.816. The zero-order valence-corrected chi connectivity index (χ0v) is 9.04. The third-order valence-corrected chi connectivity index (χ3v) is 3.18. The maximum atomic E-state index is 11.0. The molecule has 1 aromatic carbocycles. The lowest BCUT2D eigenvalue weighted by molar-refractivity contribution is -0.139. The highest BCUT2D eigenvalue weighted by Crippen LogP contribution is 2.28. The summed E-state index contributed by atoms with van der Waals surface area (Å²) in [5.74, 6) is -0.816. The Morgan fingerprint density at radius 2 is 2.36 bits per heavy atom. The van der Waals surface area contributed by atoms with Gasteiger partial charge in [-0.05, 0) is 23.6 Å². The van der Waals surface area contributed by atoms with Crippen LogP contribution in [0.15, 0.2) is 22.7 Å². The number of hydrogen-bond donors (Lipinski definition) is 2. The molecule has 1 atom stereocenters. The molecular formula is C10H10BrNO2. The number of carboxylic acid groups (broad SMARTS) is 1. The Balaban J connectivity index is 2.49. The fourth-order valence-electron chi connectivity index (χ4n) is 1.78. The lowest BCUT2D eigenvalue weighted by atomic mass is 9.94.